The minimum atomic E-state index is -1.95. The van der Waals surface area contributed by atoms with Crippen molar-refractivity contribution < 1.29 is 18.7 Å². The molecule has 3 saturated carbocycles. The van der Waals surface area contributed by atoms with E-state index in [9.17, 15) is 4.79 Å². The number of ether oxygens (including phenoxy) is 2. The van der Waals surface area contributed by atoms with Crippen LogP contribution in [-0.2, 0) is 9.16 Å². The van der Waals surface area contributed by atoms with Gasteiger partial charge < -0.3 is 13.9 Å². The molecule has 0 N–H and O–H groups in total. The molecule has 3 aliphatic carbocycles. The van der Waals surface area contributed by atoms with Gasteiger partial charge in [0.15, 0.2) is 14.1 Å². The third-order valence-corrected chi connectivity index (χ3v) is 13.7. The fourth-order valence-corrected chi connectivity index (χ4v) is 7.39. The fraction of sp³-hybridized carbons (Fsp3) is 0.679. The molecule has 2 spiro atoms. The van der Waals surface area contributed by atoms with Crippen LogP contribution in [0.3, 0.4) is 0 Å². The SMILES string of the molecule is CC(C)(C)OC(=O)c1ccc(-n2ccc(OCC(O[Si](C)(C)C(C)(C)C)C3C4(CC4)C34CC4)n2)nc1Cl. The molecular weight excluding hydrogens is 506 g/mol. The van der Waals surface area contributed by atoms with Crippen LogP contribution in [0.4, 0.5) is 0 Å². The standard InChI is InChI=1S/C28H40ClN3O4Si/c1-25(2,3)35-24(33)18-9-10-20(30-23(18)29)32-16-11-21(31-32)34-17-19(36-37(7,8)26(4,5)6)22-27(12-13-27)28(22)14-15-28/h9-11,16,19,22H,12-15,17H2,1-8H3. The number of hydrogen-bond acceptors (Lipinski definition) is 6. The zero-order chi connectivity index (χ0) is 27.0. The Morgan fingerprint density at radius 1 is 1.11 bits per heavy atom. The summed E-state index contributed by atoms with van der Waals surface area (Å²) >= 11 is 6.32. The Labute approximate surface area is 226 Å². The number of halogens is 1. The van der Waals surface area contributed by atoms with Crippen LogP contribution in [0.1, 0.15) is 77.6 Å². The van der Waals surface area contributed by atoms with Crippen molar-refractivity contribution >= 4 is 25.9 Å². The number of nitrogens with zero attached hydrogens (tertiary/aromatic N) is 3. The highest BCUT2D eigenvalue weighted by Gasteiger charge is 2.88. The number of hydrogen-bond donors (Lipinski definition) is 0. The van der Waals surface area contributed by atoms with E-state index in [4.69, 9.17) is 25.5 Å². The van der Waals surface area contributed by atoms with Crippen molar-refractivity contribution in [1.82, 2.24) is 14.8 Å². The van der Waals surface area contributed by atoms with Crippen LogP contribution in [0.5, 0.6) is 5.88 Å². The van der Waals surface area contributed by atoms with Crippen molar-refractivity contribution in [1.29, 1.82) is 0 Å². The average Bonchev–Trinajstić information content (AvgIpc) is 3.72. The van der Waals surface area contributed by atoms with Gasteiger partial charge in [-0.05, 0) is 93.5 Å². The molecule has 37 heavy (non-hydrogen) atoms. The summed E-state index contributed by atoms with van der Waals surface area (Å²) in [5, 5.41) is 4.79. The smallest absolute Gasteiger partial charge is 0.341 e. The van der Waals surface area contributed by atoms with Crippen LogP contribution in [0.2, 0.25) is 23.3 Å². The molecule has 1 atom stereocenters. The number of carbonyl (C=O) groups excluding carboxylic acids is 1. The molecule has 7 nitrogen and oxygen atoms in total. The normalized spacial score (nSPS) is 20.7. The van der Waals surface area contributed by atoms with Crippen LogP contribution in [0.15, 0.2) is 24.4 Å². The lowest BCUT2D eigenvalue weighted by Crippen LogP contribution is -2.46. The highest BCUT2D eigenvalue weighted by Crippen LogP contribution is 2.93. The molecule has 0 aliphatic heterocycles. The van der Waals surface area contributed by atoms with Crippen LogP contribution < -0.4 is 4.74 Å². The van der Waals surface area contributed by atoms with Gasteiger partial charge in [-0.2, -0.15) is 0 Å². The Kier molecular flexibility index (Phi) is 6.17. The molecule has 3 fully saturated rings. The lowest BCUT2D eigenvalue weighted by molar-refractivity contribution is 0.00693. The monoisotopic (exact) mass is 545 g/mol. The lowest BCUT2D eigenvalue weighted by atomic mass is 10.2. The van der Waals surface area contributed by atoms with Gasteiger partial charge in [0, 0.05) is 12.3 Å². The maximum Gasteiger partial charge on any atom is 0.341 e. The third kappa shape index (κ3) is 4.85. The molecule has 2 aromatic heterocycles. The molecule has 0 radical (unpaired) electrons. The summed E-state index contributed by atoms with van der Waals surface area (Å²) in [4.78, 5) is 16.8. The van der Waals surface area contributed by atoms with Crippen LogP contribution in [-0.4, -0.2) is 47.4 Å². The Bertz CT molecular complexity index is 1190. The van der Waals surface area contributed by atoms with Gasteiger partial charge in [0.25, 0.3) is 0 Å². The number of rotatable bonds is 8. The molecule has 1 unspecified atom stereocenters. The van der Waals surface area contributed by atoms with Gasteiger partial charge >= 0.3 is 5.97 Å². The van der Waals surface area contributed by atoms with Crippen molar-refractivity contribution in [3.8, 4) is 11.7 Å². The summed E-state index contributed by atoms with van der Waals surface area (Å²) in [5.74, 6) is 1.12. The van der Waals surface area contributed by atoms with Gasteiger partial charge in [-0.1, -0.05) is 32.4 Å². The predicted octanol–water partition coefficient (Wildman–Crippen LogP) is 6.84. The molecule has 5 rings (SSSR count). The largest absolute Gasteiger partial charge is 0.474 e. The Morgan fingerprint density at radius 3 is 2.24 bits per heavy atom. The molecular formula is C28H40ClN3O4Si. The van der Waals surface area contributed by atoms with E-state index >= 15 is 0 Å². The second-order valence-electron chi connectivity index (χ2n) is 13.6. The van der Waals surface area contributed by atoms with Crippen molar-refractivity contribution in [2.24, 2.45) is 16.7 Å². The second-order valence-corrected chi connectivity index (χ2v) is 18.7. The van der Waals surface area contributed by atoms with E-state index < -0.39 is 19.9 Å². The molecule has 9 heteroatoms. The van der Waals surface area contributed by atoms with E-state index in [-0.39, 0.29) is 21.9 Å². The topological polar surface area (TPSA) is 75.5 Å². The van der Waals surface area contributed by atoms with Crippen LogP contribution >= 0.6 is 11.6 Å². The average molecular weight is 546 g/mol. The number of carbonyl (C=O) groups is 1. The second kappa shape index (κ2) is 8.55. The summed E-state index contributed by atoms with van der Waals surface area (Å²) < 4.78 is 20.2. The third-order valence-electron chi connectivity index (χ3n) is 8.95. The Hall–Kier alpha value is -1.90. The zero-order valence-electron chi connectivity index (χ0n) is 23.4. The predicted molar refractivity (Wildman–Crippen MR) is 146 cm³/mol. The Balaban J connectivity index is 1.28. The first-order valence-electron chi connectivity index (χ1n) is 13.4. The van der Waals surface area contributed by atoms with E-state index in [0.717, 1.165) is 0 Å². The summed E-state index contributed by atoms with van der Waals surface area (Å²) in [7, 11) is -1.95. The summed E-state index contributed by atoms with van der Waals surface area (Å²) in [6.07, 6.45) is 7.25. The number of pyridine rings is 1. The molecule has 2 heterocycles. The molecule has 202 valence electrons. The van der Waals surface area contributed by atoms with Crippen LogP contribution in [0, 0.1) is 16.7 Å². The number of esters is 1. The van der Waals surface area contributed by atoms with E-state index in [0.29, 0.717) is 35.1 Å². The number of fused-ring (bicyclic) bond motifs is 1. The van der Waals surface area contributed by atoms with Gasteiger partial charge in [-0.25, -0.2) is 14.5 Å². The van der Waals surface area contributed by atoms with E-state index in [1.165, 1.54) is 25.7 Å². The first kappa shape index (κ1) is 26.7. The summed E-state index contributed by atoms with van der Waals surface area (Å²) in [6, 6.07) is 5.14. The van der Waals surface area contributed by atoms with E-state index in [1.54, 1.807) is 23.0 Å². The summed E-state index contributed by atoms with van der Waals surface area (Å²) in [5.41, 5.74) is 0.665. The quantitative estimate of drug-likeness (QED) is 0.205. The first-order chi connectivity index (χ1) is 17.1. The van der Waals surface area contributed by atoms with Gasteiger partial charge in [0.1, 0.15) is 17.4 Å². The maximum atomic E-state index is 12.4. The highest BCUT2D eigenvalue weighted by atomic mass is 35.5. The molecule has 0 amide bonds. The highest BCUT2D eigenvalue weighted by molar-refractivity contribution is 6.74. The zero-order valence-corrected chi connectivity index (χ0v) is 25.1. The molecule has 0 aromatic carbocycles. The molecule has 0 saturated heterocycles. The van der Waals surface area contributed by atoms with Crippen molar-refractivity contribution in [3.05, 3.63) is 35.1 Å². The van der Waals surface area contributed by atoms with E-state index in [1.807, 2.05) is 26.8 Å². The molecule has 3 aliphatic rings. The Morgan fingerprint density at radius 2 is 1.73 bits per heavy atom. The minimum Gasteiger partial charge on any atom is -0.474 e. The van der Waals surface area contributed by atoms with Gasteiger partial charge in [-0.15, -0.1) is 5.10 Å². The van der Waals surface area contributed by atoms with Gasteiger partial charge in [0.2, 0.25) is 5.88 Å². The molecule has 0 bridgehead atoms. The van der Waals surface area contributed by atoms with Gasteiger partial charge in [-0.3, -0.25) is 0 Å². The van der Waals surface area contributed by atoms with Crippen molar-refractivity contribution in [3.63, 3.8) is 0 Å². The lowest BCUT2D eigenvalue weighted by Gasteiger charge is -2.39. The van der Waals surface area contributed by atoms with E-state index in [2.05, 4.69) is 43.9 Å². The number of aromatic nitrogens is 3. The fourth-order valence-electron chi connectivity index (χ4n) is 5.85. The maximum absolute atomic E-state index is 12.4. The minimum absolute atomic E-state index is 0.0748. The van der Waals surface area contributed by atoms with Crippen molar-refractivity contribution in [2.45, 2.75) is 97.1 Å². The first-order valence-corrected chi connectivity index (χ1v) is 16.6. The molecule has 2 aromatic rings. The van der Waals surface area contributed by atoms with Gasteiger partial charge in [0.05, 0.1) is 11.7 Å². The summed E-state index contributed by atoms with van der Waals surface area (Å²) in [6.45, 7) is 17.5. The van der Waals surface area contributed by atoms with Crippen LogP contribution in [0.25, 0.3) is 5.82 Å². The van der Waals surface area contributed by atoms with Crippen molar-refractivity contribution in [2.75, 3.05) is 6.61 Å².